The summed E-state index contributed by atoms with van der Waals surface area (Å²) >= 11 is 0. The molecule has 0 aromatic rings. The lowest BCUT2D eigenvalue weighted by Gasteiger charge is -2.21. The van der Waals surface area contributed by atoms with Gasteiger partial charge in [0.25, 0.3) is 0 Å². The molecule has 10 nitrogen and oxygen atoms in total. The number of unbranched alkanes of at least 4 members (excludes halogenated alkanes) is 1. The minimum absolute atomic E-state index is 0.149. The molecule has 3 amide bonds. The lowest BCUT2D eigenvalue weighted by Crippen LogP contribution is -2.51. The highest BCUT2D eigenvalue weighted by atomic mass is 16.6. The Morgan fingerprint density at radius 3 is 2.08 bits per heavy atom. The predicted molar refractivity (Wildman–Crippen MR) is 90.9 cm³/mol. The number of carbonyl (C=O) groups excluding carboxylic acids is 4. The largest absolute Gasteiger partial charge is 0.479 e. The Kier molecular flexibility index (Phi) is 10.6. The van der Waals surface area contributed by atoms with Crippen LogP contribution in [0.5, 0.6) is 0 Å². The molecule has 0 aromatic heterocycles. The Bertz CT molecular complexity index is 536. The van der Waals surface area contributed by atoms with Gasteiger partial charge in [0, 0.05) is 20.4 Å². The van der Waals surface area contributed by atoms with E-state index in [2.05, 4.69) is 16.0 Å². The van der Waals surface area contributed by atoms with Gasteiger partial charge in [0.05, 0.1) is 0 Å². The molecule has 0 rings (SSSR count). The molecule has 0 bridgehead atoms. The summed E-state index contributed by atoms with van der Waals surface area (Å²) < 4.78 is 4.69. The summed E-state index contributed by atoms with van der Waals surface area (Å²) in [5, 5.41) is 16.2. The molecule has 0 aliphatic heterocycles. The molecule has 0 aliphatic rings. The molecule has 4 N–H and O–H groups in total. The number of aliphatic carboxylic acids is 1. The number of carbonyl (C=O) groups is 5. The van der Waals surface area contributed by atoms with E-state index in [9.17, 15) is 24.0 Å². The molecule has 0 fully saturated rings. The highest BCUT2D eigenvalue weighted by Gasteiger charge is 2.26. The number of amides is 3. The molecule has 0 heterocycles. The summed E-state index contributed by atoms with van der Waals surface area (Å²) in [5.74, 6) is -3.31. The van der Waals surface area contributed by atoms with Gasteiger partial charge in [0.2, 0.25) is 17.7 Å². The molecular weight excluding hydrogens is 346 g/mol. The Hall–Kier alpha value is -2.65. The van der Waals surface area contributed by atoms with Crippen molar-refractivity contribution in [3.8, 4) is 0 Å². The Balaban J connectivity index is 4.56. The summed E-state index contributed by atoms with van der Waals surface area (Å²) in [4.78, 5) is 56.8. The third kappa shape index (κ3) is 10.3. The smallest absolute Gasteiger partial charge is 0.344 e. The molecule has 0 spiro atoms. The lowest BCUT2D eigenvalue weighted by atomic mass is 10.1. The van der Waals surface area contributed by atoms with E-state index in [1.807, 2.05) is 0 Å². The number of hydrogen-bond acceptors (Lipinski definition) is 6. The standard InChI is InChI=1S/C16H27N3O7/c1-9(16(25)26-10(2)15(23)24)18-14(22)13(19-12(4)21)7-5-6-8-17-11(3)20/h9-10,13H,5-8H2,1-4H3,(H,17,20)(H,18,22)(H,19,21)(H,23,24)/t9-,10-,13+/m1/s1. The number of carboxylic acid groups (broad SMARTS) is 1. The zero-order valence-electron chi connectivity index (χ0n) is 15.5. The van der Waals surface area contributed by atoms with Crippen molar-refractivity contribution in [2.75, 3.05) is 6.54 Å². The van der Waals surface area contributed by atoms with E-state index in [0.29, 0.717) is 25.8 Å². The van der Waals surface area contributed by atoms with Crippen LogP contribution in [0.3, 0.4) is 0 Å². The van der Waals surface area contributed by atoms with Gasteiger partial charge in [0.1, 0.15) is 12.1 Å². The van der Waals surface area contributed by atoms with Crippen molar-refractivity contribution < 1.29 is 33.8 Å². The average molecular weight is 373 g/mol. The quantitative estimate of drug-likeness (QED) is 0.277. The first-order valence-corrected chi connectivity index (χ1v) is 8.29. The number of nitrogens with one attached hydrogen (secondary N) is 3. The van der Waals surface area contributed by atoms with Crippen molar-refractivity contribution in [1.82, 2.24) is 16.0 Å². The van der Waals surface area contributed by atoms with Gasteiger partial charge in [-0.05, 0) is 33.1 Å². The summed E-state index contributed by atoms with van der Waals surface area (Å²) in [6.07, 6.45) is 0.171. The number of hydrogen-bond donors (Lipinski definition) is 4. The van der Waals surface area contributed by atoms with Crippen LogP contribution >= 0.6 is 0 Å². The van der Waals surface area contributed by atoms with Gasteiger partial charge in [0.15, 0.2) is 6.10 Å². The molecule has 26 heavy (non-hydrogen) atoms. The first-order valence-electron chi connectivity index (χ1n) is 8.29. The molecule has 0 aliphatic carbocycles. The van der Waals surface area contributed by atoms with Gasteiger partial charge in [-0.1, -0.05) is 0 Å². The van der Waals surface area contributed by atoms with Crippen LogP contribution in [-0.2, 0) is 28.7 Å². The molecule has 0 unspecified atom stereocenters. The van der Waals surface area contributed by atoms with Crippen LogP contribution < -0.4 is 16.0 Å². The number of esters is 1. The zero-order chi connectivity index (χ0) is 20.3. The minimum atomic E-state index is -1.33. The predicted octanol–water partition coefficient (Wildman–Crippen LogP) is -0.681. The van der Waals surface area contributed by atoms with E-state index in [0.717, 1.165) is 0 Å². The van der Waals surface area contributed by atoms with E-state index < -0.39 is 41.9 Å². The molecule has 0 saturated heterocycles. The van der Waals surface area contributed by atoms with Crippen molar-refractivity contribution >= 4 is 29.7 Å². The summed E-state index contributed by atoms with van der Waals surface area (Å²) in [6.45, 7) is 5.68. The van der Waals surface area contributed by atoms with Crippen LogP contribution in [0.2, 0.25) is 0 Å². The van der Waals surface area contributed by atoms with Crippen molar-refractivity contribution in [2.24, 2.45) is 0 Å². The van der Waals surface area contributed by atoms with Crippen LogP contribution in [-0.4, -0.2) is 59.5 Å². The van der Waals surface area contributed by atoms with Crippen LogP contribution in [0.25, 0.3) is 0 Å². The second-order valence-electron chi connectivity index (χ2n) is 5.88. The lowest BCUT2D eigenvalue weighted by molar-refractivity contribution is -0.164. The van der Waals surface area contributed by atoms with Gasteiger partial charge in [-0.3, -0.25) is 14.4 Å². The van der Waals surface area contributed by atoms with Gasteiger partial charge < -0.3 is 25.8 Å². The Morgan fingerprint density at radius 2 is 1.58 bits per heavy atom. The Morgan fingerprint density at radius 1 is 0.962 bits per heavy atom. The van der Waals surface area contributed by atoms with E-state index in [1.54, 1.807) is 0 Å². The maximum absolute atomic E-state index is 12.3. The summed E-state index contributed by atoms with van der Waals surface area (Å²) in [5.41, 5.74) is 0. The minimum Gasteiger partial charge on any atom is -0.479 e. The molecule has 0 radical (unpaired) electrons. The van der Waals surface area contributed by atoms with Crippen molar-refractivity contribution in [3.63, 3.8) is 0 Å². The number of rotatable bonds is 11. The van der Waals surface area contributed by atoms with E-state index >= 15 is 0 Å². The van der Waals surface area contributed by atoms with E-state index in [-0.39, 0.29) is 5.91 Å². The Labute approximate surface area is 152 Å². The number of carboxylic acids is 1. The number of ether oxygens (including phenoxy) is 1. The van der Waals surface area contributed by atoms with E-state index in [4.69, 9.17) is 9.84 Å². The third-order valence-corrected chi connectivity index (χ3v) is 3.34. The van der Waals surface area contributed by atoms with Crippen LogP contribution in [0.4, 0.5) is 0 Å². The first-order chi connectivity index (χ1) is 12.0. The van der Waals surface area contributed by atoms with Gasteiger partial charge in [-0.2, -0.15) is 0 Å². The second kappa shape index (κ2) is 11.8. The van der Waals surface area contributed by atoms with Crippen molar-refractivity contribution in [2.45, 2.75) is 65.1 Å². The van der Waals surface area contributed by atoms with Crippen molar-refractivity contribution in [1.29, 1.82) is 0 Å². The van der Waals surface area contributed by atoms with Gasteiger partial charge in [-0.25, -0.2) is 9.59 Å². The molecule has 0 aromatic carbocycles. The van der Waals surface area contributed by atoms with Crippen LogP contribution in [0.15, 0.2) is 0 Å². The van der Waals surface area contributed by atoms with Crippen LogP contribution in [0, 0.1) is 0 Å². The highest BCUT2D eigenvalue weighted by molar-refractivity contribution is 5.90. The molecule has 3 atom stereocenters. The first kappa shape index (κ1) is 23.4. The van der Waals surface area contributed by atoms with Gasteiger partial charge in [-0.15, -0.1) is 0 Å². The maximum atomic E-state index is 12.3. The SMILES string of the molecule is CC(=O)NCCCC[C@H](NC(C)=O)C(=O)N[C@H](C)C(=O)O[C@H](C)C(=O)O. The monoisotopic (exact) mass is 373 g/mol. The van der Waals surface area contributed by atoms with E-state index in [1.165, 1.54) is 27.7 Å². The topological polar surface area (TPSA) is 151 Å². The van der Waals surface area contributed by atoms with Gasteiger partial charge >= 0.3 is 11.9 Å². The van der Waals surface area contributed by atoms with Crippen LogP contribution in [0.1, 0.15) is 47.0 Å². The fourth-order valence-electron chi connectivity index (χ4n) is 1.95. The molecular formula is C16H27N3O7. The third-order valence-electron chi connectivity index (χ3n) is 3.34. The second-order valence-corrected chi connectivity index (χ2v) is 5.88. The average Bonchev–Trinajstić information content (AvgIpc) is 2.52. The fraction of sp³-hybridized carbons (Fsp3) is 0.688. The maximum Gasteiger partial charge on any atom is 0.344 e. The summed E-state index contributed by atoms with van der Waals surface area (Å²) in [7, 11) is 0. The molecule has 148 valence electrons. The van der Waals surface area contributed by atoms with Crippen molar-refractivity contribution in [3.05, 3.63) is 0 Å². The normalized spacial score (nSPS) is 13.7. The highest BCUT2D eigenvalue weighted by Crippen LogP contribution is 2.03. The molecule has 0 saturated carbocycles. The fourth-order valence-corrected chi connectivity index (χ4v) is 1.95. The summed E-state index contributed by atoms with van der Waals surface area (Å²) in [6, 6.07) is -1.92. The molecule has 10 heteroatoms. The zero-order valence-corrected chi connectivity index (χ0v) is 15.5.